The highest BCUT2D eigenvalue weighted by Crippen LogP contribution is 2.33. The first-order valence-electron chi connectivity index (χ1n) is 8.50. The van der Waals surface area contributed by atoms with Crippen LogP contribution in [-0.4, -0.2) is 49.0 Å². The maximum atomic E-state index is 12.8. The van der Waals surface area contributed by atoms with Crippen molar-refractivity contribution in [3.63, 3.8) is 0 Å². The fraction of sp³-hybridized carbons (Fsp3) is 0.625. The van der Waals surface area contributed by atoms with E-state index in [0.29, 0.717) is 46.2 Å². The molecule has 25 heavy (non-hydrogen) atoms. The van der Waals surface area contributed by atoms with Crippen molar-refractivity contribution in [3.05, 3.63) is 18.0 Å². The number of likely N-dealkylation sites (N-methyl/N-ethyl adjacent to an activating group) is 1. The number of aromatic nitrogens is 2. The van der Waals surface area contributed by atoms with E-state index >= 15 is 0 Å². The van der Waals surface area contributed by atoms with Gasteiger partial charge < -0.3 is 9.84 Å². The Morgan fingerprint density at radius 2 is 2.12 bits per heavy atom. The van der Waals surface area contributed by atoms with Crippen molar-refractivity contribution in [2.24, 2.45) is 5.92 Å². The van der Waals surface area contributed by atoms with Crippen LogP contribution in [0.3, 0.4) is 0 Å². The average Bonchev–Trinajstić information content (AvgIpc) is 3.24. The lowest BCUT2D eigenvalue weighted by molar-refractivity contribution is 0.288. The number of piperidine rings is 1. The Morgan fingerprint density at radius 3 is 2.80 bits per heavy atom. The third-order valence-corrected chi connectivity index (χ3v) is 8.02. The molecule has 0 aromatic carbocycles. The van der Waals surface area contributed by atoms with Crippen LogP contribution in [0.25, 0.3) is 10.8 Å². The van der Waals surface area contributed by atoms with Crippen LogP contribution in [0.1, 0.15) is 32.5 Å². The maximum Gasteiger partial charge on any atom is 0.268 e. The van der Waals surface area contributed by atoms with E-state index in [1.165, 1.54) is 11.3 Å². The molecule has 0 amide bonds. The van der Waals surface area contributed by atoms with Crippen molar-refractivity contribution in [2.45, 2.75) is 43.4 Å². The summed E-state index contributed by atoms with van der Waals surface area (Å²) in [6.45, 7) is 5.37. The highest BCUT2D eigenvalue weighted by molar-refractivity contribution is 7.91. The van der Waals surface area contributed by atoms with Crippen LogP contribution in [-0.2, 0) is 16.4 Å². The van der Waals surface area contributed by atoms with E-state index in [1.807, 2.05) is 14.0 Å². The lowest BCUT2D eigenvalue weighted by atomic mass is 10.0. The number of sulfonamides is 1. The molecule has 1 saturated heterocycles. The SMILES string of the molecule is CNC(C)Cc1noc(-c2ccc(S(=O)(=O)N3CCC(C)CC3)s2)n1. The monoisotopic (exact) mass is 384 g/mol. The summed E-state index contributed by atoms with van der Waals surface area (Å²) in [6.07, 6.45) is 2.48. The molecule has 1 N–H and O–H groups in total. The maximum absolute atomic E-state index is 12.8. The zero-order valence-electron chi connectivity index (χ0n) is 14.7. The molecule has 1 fully saturated rings. The molecule has 138 valence electrons. The molecule has 0 saturated carbocycles. The molecule has 1 unspecified atom stereocenters. The Hall–Kier alpha value is -1.29. The number of rotatable bonds is 6. The fourth-order valence-corrected chi connectivity index (χ4v) is 5.59. The Labute approximate surface area is 152 Å². The van der Waals surface area contributed by atoms with Gasteiger partial charge in [0.15, 0.2) is 5.82 Å². The van der Waals surface area contributed by atoms with E-state index in [9.17, 15) is 8.42 Å². The van der Waals surface area contributed by atoms with Gasteiger partial charge in [-0.2, -0.15) is 9.29 Å². The van der Waals surface area contributed by atoms with Crippen LogP contribution in [0.4, 0.5) is 0 Å². The van der Waals surface area contributed by atoms with Gasteiger partial charge in [0, 0.05) is 25.6 Å². The Kier molecular flexibility index (Phi) is 5.57. The van der Waals surface area contributed by atoms with Crippen LogP contribution >= 0.6 is 11.3 Å². The number of hydrogen-bond donors (Lipinski definition) is 1. The third kappa shape index (κ3) is 4.11. The molecule has 1 aliphatic heterocycles. The van der Waals surface area contributed by atoms with Crippen molar-refractivity contribution < 1.29 is 12.9 Å². The highest BCUT2D eigenvalue weighted by atomic mass is 32.2. The summed E-state index contributed by atoms with van der Waals surface area (Å²) in [5.41, 5.74) is 0. The van der Waals surface area contributed by atoms with E-state index in [1.54, 1.807) is 16.4 Å². The summed E-state index contributed by atoms with van der Waals surface area (Å²) in [5.74, 6) is 1.57. The van der Waals surface area contributed by atoms with Gasteiger partial charge in [0.1, 0.15) is 4.21 Å². The molecule has 1 aliphatic rings. The zero-order valence-corrected chi connectivity index (χ0v) is 16.4. The van der Waals surface area contributed by atoms with Crippen molar-refractivity contribution in [1.82, 2.24) is 19.8 Å². The Balaban J connectivity index is 1.76. The molecule has 0 spiro atoms. The van der Waals surface area contributed by atoms with Crippen LogP contribution in [0, 0.1) is 5.92 Å². The van der Waals surface area contributed by atoms with E-state index in [0.717, 1.165) is 12.8 Å². The van der Waals surface area contributed by atoms with E-state index in [4.69, 9.17) is 4.52 Å². The van der Waals surface area contributed by atoms with E-state index in [-0.39, 0.29) is 6.04 Å². The first kappa shape index (κ1) is 18.5. The Morgan fingerprint density at radius 1 is 1.40 bits per heavy atom. The molecule has 2 aromatic rings. The van der Waals surface area contributed by atoms with Gasteiger partial charge in [0.25, 0.3) is 15.9 Å². The molecule has 9 heteroatoms. The number of nitrogens with zero attached hydrogens (tertiary/aromatic N) is 3. The smallest absolute Gasteiger partial charge is 0.268 e. The summed E-state index contributed by atoms with van der Waals surface area (Å²) in [6, 6.07) is 3.61. The Bertz CT molecular complexity index is 807. The second-order valence-electron chi connectivity index (χ2n) is 6.61. The van der Waals surface area contributed by atoms with Gasteiger partial charge in [-0.25, -0.2) is 8.42 Å². The summed E-state index contributed by atoms with van der Waals surface area (Å²) < 4.78 is 32.8. The largest absolute Gasteiger partial charge is 0.333 e. The number of nitrogens with one attached hydrogen (secondary N) is 1. The van der Waals surface area contributed by atoms with Gasteiger partial charge >= 0.3 is 0 Å². The third-order valence-electron chi connectivity index (χ3n) is 4.58. The van der Waals surface area contributed by atoms with E-state index < -0.39 is 10.0 Å². The van der Waals surface area contributed by atoms with Crippen LogP contribution in [0.15, 0.2) is 20.9 Å². The minimum absolute atomic E-state index is 0.242. The second-order valence-corrected chi connectivity index (χ2v) is 9.86. The van der Waals surface area contributed by atoms with Gasteiger partial charge in [-0.3, -0.25) is 0 Å². The molecule has 1 atom stereocenters. The topological polar surface area (TPSA) is 88.3 Å². The first-order valence-corrected chi connectivity index (χ1v) is 10.8. The highest BCUT2D eigenvalue weighted by Gasteiger charge is 2.29. The average molecular weight is 385 g/mol. The van der Waals surface area contributed by atoms with Crippen molar-refractivity contribution in [2.75, 3.05) is 20.1 Å². The lowest BCUT2D eigenvalue weighted by Gasteiger charge is -2.28. The molecular formula is C16H24N4O3S2. The molecule has 0 aliphatic carbocycles. The predicted octanol–water partition coefficient (Wildman–Crippen LogP) is 2.37. The number of thiophene rings is 1. The number of hydrogen-bond acceptors (Lipinski definition) is 7. The summed E-state index contributed by atoms with van der Waals surface area (Å²) in [4.78, 5) is 5.05. The van der Waals surface area contributed by atoms with Gasteiger partial charge in [0.05, 0.1) is 4.88 Å². The summed E-state index contributed by atoms with van der Waals surface area (Å²) >= 11 is 1.18. The van der Waals surface area contributed by atoms with Gasteiger partial charge in [-0.15, -0.1) is 11.3 Å². The minimum atomic E-state index is -3.44. The zero-order chi connectivity index (χ0) is 18.0. The van der Waals surface area contributed by atoms with Crippen molar-refractivity contribution >= 4 is 21.4 Å². The lowest BCUT2D eigenvalue weighted by Crippen LogP contribution is -2.37. The van der Waals surface area contributed by atoms with Crippen molar-refractivity contribution in [1.29, 1.82) is 0 Å². The van der Waals surface area contributed by atoms with Crippen molar-refractivity contribution in [3.8, 4) is 10.8 Å². The molecule has 0 bridgehead atoms. The predicted molar refractivity (Wildman–Crippen MR) is 97.0 cm³/mol. The molecule has 2 aromatic heterocycles. The van der Waals surface area contributed by atoms with Crippen LogP contribution in [0.5, 0.6) is 0 Å². The fourth-order valence-electron chi connectivity index (χ4n) is 2.74. The molecule has 3 rings (SSSR count). The first-order chi connectivity index (χ1) is 11.9. The van der Waals surface area contributed by atoms with E-state index in [2.05, 4.69) is 22.4 Å². The van der Waals surface area contributed by atoms with Crippen LogP contribution < -0.4 is 5.32 Å². The quantitative estimate of drug-likeness (QED) is 0.823. The van der Waals surface area contributed by atoms with Crippen LogP contribution in [0.2, 0.25) is 0 Å². The molecule has 7 nitrogen and oxygen atoms in total. The molecule has 0 radical (unpaired) electrons. The second kappa shape index (κ2) is 7.53. The van der Waals surface area contributed by atoms with Gasteiger partial charge in [-0.05, 0) is 44.9 Å². The normalized spacial score (nSPS) is 18.5. The van der Waals surface area contributed by atoms with Gasteiger partial charge in [-0.1, -0.05) is 12.1 Å². The summed E-state index contributed by atoms with van der Waals surface area (Å²) in [5, 5.41) is 7.09. The molecular weight excluding hydrogens is 360 g/mol. The minimum Gasteiger partial charge on any atom is -0.333 e. The molecule has 3 heterocycles. The summed E-state index contributed by atoms with van der Waals surface area (Å²) in [7, 11) is -1.56. The van der Waals surface area contributed by atoms with Gasteiger partial charge in [0.2, 0.25) is 0 Å². The standard InChI is InChI=1S/C16H24N4O3S2/c1-11-6-8-20(9-7-11)25(21,22)15-5-4-13(24-15)16-18-14(19-23-16)10-12(2)17-3/h4-5,11-12,17H,6-10H2,1-3H3.